The van der Waals surface area contributed by atoms with Crippen molar-refractivity contribution >= 4 is 40.6 Å². The molecule has 1 aliphatic rings. The molecule has 9 nitrogen and oxygen atoms in total. The molecule has 3 aromatic carbocycles. The summed E-state index contributed by atoms with van der Waals surface area (Å²) in [6, 6.07) is 26.6. The highest BCUT2D eigenvalue weighted by Gasteiger charge is 2.32. The van der Waals surface area contributed by atoms with E-state index in [2.05, 4.69) is 20.8 Å². The molecule has 2 heterocycles. The van der Waals surface area contributed by atoms with Gasteiger partial charge in [-0.05, 0) is 36.4 Å². The number of ether oxygens (including phenoxy) is 1. The van der Waals surface area contributed by atoms with E-state index >= 15 is 0 Å². The molecule has 0 saturated carbocycles. The number of methoxy groups -OCH3 is 1. The van der Waals surface area contributed by atoms with Crippen LogP contribution in [0.2, 0.25) is 0 Å². The number of amidine groups is 1. The van der Waals surface area contributed by atoms with Gasteiger partial charge in [-0.15, -0.1) is 5.10 Å². The van der Waals surface area contributed by atoms with Crippen LogP contribution in [0.15, 0.2) is 101 Å². The number of hydrogen-bond donors (Lipinski definition) is 2. The fourth-order valence-electron chi connectivity index (χ4n) is 3.80. The van der Waals surface area contributed by atoms with Crippen LogP contribution in [0.3, 0.4) is 0 Å². The SMILES string of the molecule is COc1ccc(NC(=O)CC2S/C(=N\N=C\c3cn(-c4ccccc4)nc3-c3ccccc3)NC2=O)cc1. The van der Waals surface area contributed by atoms with E-state index in [4.69, 9.17) is 9.84 Å². The van der Waals surface area contributed by atoms with Crippen LogP contribution < -0.4 is 15.4 Å². The average Bonchev–Trinajstić information content (AvgIpc) is 3.53. The number of anilines is 1. The molecular formula is C28H24N6O3S. The number of thioether (sulfide) groups is 1. The lowest BCUT2D eigenvalue weighted by atomic mass is 10.1. The zero-order valence-corrected chi connectivity index (χ0v) is 21.3. The molecule has 38 heavy (non-hydrogen) atoms. The minimum Gasteiger partial charge on any atom is -0.497 e. The number of para-hydroxylation sites is 1. The first-order valence-electron chi connectivity index (χ1n) is 11.8. The first-order chi connectivity index (χ1) is 18.6. The zero-order chi connectivity index (χ0) is 26.3. The minimum absolute atomic E-state index is 0.00721. The van der Waals surface area contributed by atoms with Crippen molar-refractivity contribution in [1.29, 1.82) is 0 Å². The van der Waals surface area contributed by atoms with Crippen LogP contribution in [0.5, 0.6) is 5.75 Å². The first kappa shape index (κ1) is 25.0. The number of benzene rings is 3. The van der Waals surface area contributed by atoms with Crippen molar-refractivity contribution in [2.75, 3.05) is 12.4 Å². The van der Waals surface area contributed by atoms with Crippen LogP contribution in [-0.2, 0) is 9.59 Å². The summed E-state index contributed by atoms with van der Waals surface area (Å²) >= 11 is 1.18. The van der Waals surface area contributed by atoms with E-state index in [9.17, 15) is 9.59 Å². The van der Waals surface area contributed by atoms with E-state index in [1.54, 1.807) is 42.3 Å². The number of nitrogens with zero attached hydrogens (tertiary/aromatic N) is 4. The molecule has 2 N–H and O–H groups in total. The predicted octanol–water partition coefficient (Wildman–Crippen LogP) is 4.50. The van der Waals surface area contributed by atoms with Crippen LogP contribution in [0.1, 0.15) is 12.0 Å². The van der Waals surface area contributed by atoms with Crippen LogP contribution in [0.4, 0.5) is 5.69 Å². The molecular weight excluding hydrogens is 500 g/mol. The van der Waals surface area contributed by atoms with Gasteiger partial charge in [0.25, 0.3) is 0 Å². The Morgan fingerprint density at radius 1 is 1.08 bits per heavy atom. The standard InChI is InChI=1S/C28H24N6O3S/c1-37-23-14-12-21(13-15-23)30-25(35)16-24-27(36)31-28(38-24)32-29-17-20-18-34(22-10-6-3-7-11-22)33-26(20)19-8-4-2-5-9-19/h2-15,17-18,24H,16H2,1H3,(H,30,35)(H,31,32,36)/b29-17+. The summed E-state index contributed by atoms with van der Waals surface area (Å²) in [5.41, 5.74) is 4.03. The average molecular weight is 525 g/mol. The third-order valence-corrected chi connectivity index (χ3v) is 6.75. The number of amides is 2. The molecule has 1 unspecified atom stereocenters. The summed E-state index contributed by atoms with van der Waals surface area (Å²) in [5, 5.41) is 18.4. The Bertz CT molecular complexity index is 1480. The summed E-state index contributed by atoms with van der Waals surface area (Å²) in [4.78, 5) is 24.9. The van der Waals surface area contributed by atoms with E-state index in [1.807, 2.05) is 66.9 Å². The maximum absolute atomic E-state index is 12.5. The highest BCUT2D eigenvalue weighted by Crippen LogP contribution is 2.25. The molecule has 190 valence electrons. The molecule has 1 aromatic heterocycles. The topological polar surface area (TPSA) is 110 Å². The molecule has 0 spiro atoms. The second-order valence-corrected chi connectivity index (χ2v) is 9.50. The lowest BCUT2D eigenvalue weighted by Crippen LogP contribution is -2.28. The normalized spacial score (nSPS) is 16.1. The Labute approximate surface area is 223 Å². The predicted molar refractivity (Wildman–Crippen MR) is 150 cm³/mol. The van der Waals surface area contributed by atoms with Crippen molar-refractivity contribution < 1.29 is 14.3 Å². The fraction of sp³-hybridized carbons (Fsp3) is 0.107. The number of rotatable bonds is 8. The molecule has 5 rings (SSSR count). The van der Waals surface area contributed by atoms with E-state index in [0.29, 0.717) is 16.6 Å². The van der Waals surface area contributed by atoms with Crippen LogP contribution >= 0.6 is 11.8 Å². The van der Waals surface area contributed by atoms with E-state index < -0.39 is 5.25 Å². The van der Waals surface area contributed by atoms with Crippen molar-refractivity contribution in [1.82, 2.24) is 15.1 Å². The lowest BCUT2D eigenvalue weighted by Gasteiger charge is -2.08. The van der Waals surface area contributed by atoms with Gasteiger partial charge in [0.15, 0.2) is 5.17 Å². The molecule has 1 atom stereocenters. The smallest absolute Gasteiger partial charge is 0.240 e. The highest BCUT2D eigenvalue weighted by molar-refractivity contribution is 8.15. The van der Waals surface area contributed by atoms with Gasteiger partial charge in [0.1, 0.15) is 16.7 Å². The first-order valence-corrected chi connectivity index (χ1v) is 12.7. The van der Waals surface area contributed by atoms with E-state index in [1.165, 1.54) is 11.8 Å². The number of carbonyl (C=O) groups excluding carboxylic acids is 2. The largest absolute Gasteiger partial charge is 0.497 e. The molecule has 1 fully saturated rings. The van der Waals surface area contributed by atoms with Gasteiger partial charge in [-0.1, -0.05) is 60.3 Å². The number of aromatic nitrogens is 2. The quantitative estimate of drug-likeness (QED) is 0.261. The third-order valence-electron chi connectivity index (χ3n) is 5.68. The Hall–Kier alpha value is -4.70. The van der Waals surface area contributed by atoms with Crippen molar-refractivity contribution in [3.05, 3.63) is 96.7 Å². The maximum atomic E-state index is 12.5. The van der Waals surface area contributed by atoms with Crippen LogP contribution in [0, 0.1) is 0 Å². The van der Waals surface area contributed by atoms with E-state index in [-0.39, 0.29) is 18.2 Å². The third kappa shape index (κ3) is 5.98. The molecule has 1 saturated heterocycles. The van der Waals surface area contributed by atoms with Gasteiger partial charge in [-0.2, -0.15) is 10.2 Å². The minimum atomic E-state index is -0.595. The molecule has 0 bridgehead atoms. The molecule has 10 heteroatoms. The van der Waals surface area contributed by atoms with Gasteiger partial charge in [-0.3, -0.25) is 9.59 Å². The van der Waals surface area contributed by atoms with Gasteiger partial charge in [0.05, 0.1) is 19.0 Å². The summed E-state index contributed by atoms with van der Waals surface area (Å²) in [6.45, 7) is 0. The van der Waals surface area contributed by atoms with Crippen LogP contribution in [0.25, 0.3) is 16.9 Å². The van der Waals surface area contributed by atoms with Crippen molar-refractivity contribution in [3.63, 3.8) is 0 Å². The van der Waals surface area contributed by atoms with Crippen molar-refractivity contribution in [2.24, 2.45) is 10.2 Å². The molecule has 0 radical (unpaired) electrons. The maximum Gasteiger partial charge on any atom is 0.240 e. The monoisotopic (exact) mass is 524 g/mol. The van der Waals surface area contributed by atoms with Gasteiger partial charge >= 0.3 is 0 Å². The number of hydrogen-bond acceptors (Lipinski definition) is 7. The Morgan fingerprint density at radius 3 is 2.50 bits per heavy atom. The Morgan fingerprint density at radius 2 is 1.79 bits per heavy atom. The second-order valence-electron chi connectivity index (χ2n) is 8.31. The van der Waals surface area contributed by atoms with Gasteiger partial charge < -0.3 is 15.4 Å². The zero-order valence-electron chi connectivity index (χ0n) is 20.4. The summed E-state index contributed by atoms with van der Waals surface area (Å²) in [5.74, 6) is 0.141. The van der Waals surface area contributed by atoms with Crippen molar-refractivity contribution in [2.45, 2.75) is 11.7 Å². The number of carbonyl (C=O) groups is 2. The lowest BCUT2D eigenvalue weighted by molar-refractivity contribution is -0.122. The second kappa shape index (κ2) is 11.6. The fourth-order valence-corrected chi connectivity index (χ4v) is 4.72. The van der Waals surface area contributed by atoms with Gasteiger partial charge in [0, 0.05) is 29.4 Å². The molecule has 2 amide bonds. The number of nitrogens with one attached hydrogen (secondary N) is 2. The van der Waals surface area contributed by atoms with Gasteiger partial charge in [-0.25, -0.2) is 4.68 Å². The molecule has 0 aliphatic carbocycles. The van der Waals surface area contributed by atoms with Crippen molar-refractivity contribution in [3.8, 4) is 22.7 Å². The summed E-state index contributed by atoms with van der Waals surface area (Å²) < 4.78 is 6.91. The Balaban J connectivity index is 1.27. The van der Waals surface area contributed by atoms with Gasteiger partial charge in [0.2, 0.25) is 11.8 Å². The summed E-state index contributed by atoms with van der Waals surface area (Å²) in [7, 11) is 1.58. The van der Waals surface area contributed by atoms with Crippen LogP contribution in [-0.4, -0.2) is 45.3 Å². The van der Waals surface area contributed by atoms with E-state index in [0.717, 1.165) is 22.5 Å². The highest BCUT2D eigenvalue weighted by atomic mass is 32.2. The molecule has 1 aliphatic heterocycles. The molecule has 4 aromatic rings. The Kier molecular flexibility index (Phi) is 7.60. The summed E-state index contributed by atoms with van der Waals surface area (Å²) in [6.07, 6.45) is 3.50.